The summed E-state index contributed by atoms with van der Waals surface area (Å²) in [5, 5.41) is 19.0. The summed E-state index contributed by atoms with van der Waals surface area (Å²) in [5.41, 5.74) is 1.00. The number of fused-ring (bicyclic) bond motifs is 2. The molecule has 5 heteroatoms. The molecule has 2 bridgehead atoms. The van der Waals surface area contributed by atoms with Gasteiger partial charge < -0.3 is 0 Å². The molecule has 2 aliphatic rings. The van der Waals surface area contributed by atoms with Crippen LogP contribution < -0.4 is 0 Å². The lowest BCUT2D eigenvalue weighted by Crippen LogP contribution is -2.49. The molecule has 22 heavy (non-hydrogen) atoms. The molecule has 2 fully saturated rings. The molecule has 0 amide bonds. The van der Waals surface area contributed by atoms with Gasteiger partial charge in [-0.05, 0) is 43.6 Å². The van der Waals surface area contributed by atoms with Gasteiger partial charge in [-0.2, -0.15) is 22.3 Å². The number of nitriles is 2. The number of pyridine rings is 1. The van der Waals surface area contributed by atoms with Crippen LogP contribution in [0.2, 0.25) is 0 Å². The third kappa shape index (κ3) is 2.60. The van der Waals surface area contributed by atoms with Gasteiger partial charge in [0.15, 0.2) is 0 Å². The maximum absolute atomic E-state index is 9.90. The highest BCUT2D eigenvalue weighted by atomic mass is 32.2. The molecule has 1 unspecified atom stereocenters. The highest BCUT2D eigenvalue weighted by Crippen LogP contribution is 2.46. The molecule has 0 aliphatic carbocycles. The Morgan fingerprint density at radius 1 is 1.32 bits per heavy atom. The molecule has 2 aliphatic heterocycles. The van der Waals surface area contributed by atoms with E-state index in [2.05, 4.69) is 28.3 Å². The highest BCUT2D eigenvalue weighted by molar-refractivity contribution is 7.98. The Kier molecular flexibility index (Phi) is 4.38. The normalized spacial score (nSPS) is 30.7. The zero-order valence-corrected chi connectivity index (χ0v) is 13.6. The summed E-state index contributed by atoms with van der Waals surface area (Å²) < 4.78 is 0. The standard InChI is InChI=1S/C17H20N4S/c1-22-5-4-21-15-2-3-16(21)8-17(7-15,12-19)14-6-13(9-18)10-20-11-14/h6,10-11,15-16H,2-5,7-8H2,1H3/t15-,16+,17?. The van der Waals surface area contributed by atoms with Crippen LogP contribution in [0.3, 0.4) is 0 Å². The fourth-order valence-electron chi connectivity index (χ4n) is 4.06. The van der Waals surface area contributed by atoms with Crippen LogP contribution in [0, 0.1) is 22.7 Å². The summed E-state index contributed by atoms with van der Waals surface area (Å²) in [7, 11) is 0. The van der Waals surface area contributed by atoms with Crippen molar-refractivity contribution in [3.8, 4) is 12.1 Å². The maximum Gasteiger partial charge on any atom is 0.101 e. The summed E-state index contributed by atoms with van der Waals surface area (Å²) in [4.78, 5) is 6.78. The van der Waals surface area contributed by atoms with Crippen LogP contribution in [0.5, 0.6) is 0 Å². The molecule has 0 N–H and O–H groups in total. The van der Waals surface area contributed by atoms with Gasteiger partial charge in [0, 0.05) is 36.8 Å². The Balaban J connectivity index is 1.88. The lowest BCUT2D eigenvalue weighted by atomic mass is 9.71. The van der Waals surface area contributed by atoms with Crippen molar-refractivity contribution in [2.75, 3.05) is 18.6 Å². The van der Waals surface area contributed by atoms with Crippen molar-refractivity contribution in [1.29, 1.82) is 10.5 Å². The molecule has 1 aromatic rings. The molecule has 3 rings (SSSR count). The van der Waals surface area contributed by atoms with Gasteiger partial charge in [0.05, 0.1) is 17.0 Å². The van der Waals surface area contributed by atoms with Gasteiger partial charge in [-0.3, -0.25) is 9.88 Å². The number of hydrogen-bond acceptors (Lipinski definition) is 5. The van der Waals surface area contributed by atoms with E-state index in [-0.39, 0.29) is 0 Å². The molecular formula is C17H20N4S. The number of rotatable bonds is 4. The predicted molar refractivity (Wildman–Crippen MR) is 87.4 cm³/mol. The van der Waals surface area contributed by atoms with Gasteiger partial charge in [-0.1, -0.05) is 0 Å². The minimum absolute atomic E-state index is 0.471. The van der Waals surface area contributed by atoms with Crippen LogP contribution in [0.4, 0.5) is 0 Å². The second-order valence-electron chi connectivity index (χ2n) is 6.29. The van der Waals surface area contributed by atoms with Crippen molar-refractivity contribution in [3.63, 3.8) is 0 Å². The fraction of sp³-hybridized carbons (Fsp3) is 0.588. The summed E-state index contributed by atoms with van der Waals surface area (Å²) >= 11 is 1.88. The van der Waals surface area contributed by atoms with E-state index in [1.807, 2.05) is 17.8 Å². The first-order chi connectivity index (χ1) is 10.7. The zero-order valence-electron chi connectivity index (χ0n) is 12.8. The zero-order chi connectivity index (χ0) is 15.6. The summed E-state index contributed by atoms with van der Waals surface area (Å²) in [6.07, 6.45) is 9.60. The fourth-order valence-corrected chi connectivity index (χ4v) is 4.45. The lowest BCUT2D eigenvalue weighted by Gasteiger charge is -2.43. The van der Waals surface area contributed by atoms with Crippen LogP contribution in [-0.2, 0) is 5.41 Å². The second kappa shape index (κ2) is 6.28. The van der Waals surface area contributed by atoms with Crippen molar-refractivity contribution in [1.82, 2.24) is 9.88 Å². The molecular weight excluding hydrogens is 292 g/mol. The third-order valence-corrected chi connectivity index (χ3v) is 5.72. The number of aromatic nitrogens is 1. The van der Waals surface area contributed by atoms with Gasteiger partial charge in [-0.15, -0.1) is 0 Å². The summed E-state index contributed by atoms with van der Waals surface area (Å²) in [6, 6.07) is 7.57. The second-order valence-corrected chi connectivity index (χ2v) is 7.28. The van der Waals surface area contributed by atoms with Crippen LogP contribution >= 0.6 is 11.8 Å². The molecule has 0 radical (unpaired) electrons. The molecule has 3 heterocycles. The van der Waals surface area contributed by atoms with Gasteiger partial charge in [0.25, 0.3) is 0 Å². The topological polar surface area (TPSA) is 63.7 Å². The molecule has 0 saturated carbocycles. The molecule has 114 valence electrons. The number of thioether (sulfide) groups is 1. The van der Waals surface area contributed by atoms with Gasteiger partial charge >= 0.3 is 0 Å². The highest BCUT2D eigenvalue weighted by Gasteiger charge is 2.49. The summed E-state index contributed by atoms with van der Waals surface area (Å²) in [6.45, 7) is 1.12. The van der Waals surface area contributed by atoms with E-state index in [9.17, 15) is 5.26 Å². The Hall–Kier alpha value is -1.56. The average Bonchev–Trinajstić information content (AvgIpc) is 2.81. The molecule has 2 saturated heterocycles. The van der Waals surface area contributed by atoms with Crippen molar-refractivity contribution in [3.05, 3.63) is 29.6 Å². The SMILES string of the molecule is CSCCN1[C@@H]2CC[C@H]1CC(C#N)(c1cncc(C#N)c1)C2. The first kappa shape index (κ1) is 15.3. The van der Waals surface area contributed by atoms with Gasteiger partial charge in [0.2, 0.25) is 0 Å². The molecule has 3 atom stereocenters. The smallest absolute Gasteiger partial charge is 0.101 e. The Morgan fingerprint density at radius 2 is 2.05 bits per heavy atom. The minimum atomic E-state index is -0.471. The number of hydrogen-bond donors (Lipinski definition) is 0. The van der Waals surface area contributed by atoms with E-state index in [1.54, 1.807) is 12.4 Å². The largest absolute Gasteiger partial charge is 0.296 e. The Labute approximate surface area is 136 Å². The Bertz CT molecular complexity index is 616. The quantitative estimate of drug-likeness (QED) is 0.855. The van der Waals surface area contributed by atoms with Crippen molar-refractivity contribution >= 4 is 11.8 Å². The van der Waals surface area contributed by atoms with Gasteiger partial charge in [0.1, 0.15) is 6.07 Å². The predicted octanol–water partition coefficient (Wildman–Crippen LogP) is 2.70. The average molecular weight is 312 g/mol. The van der Waals surface area contributed by atoms with Crippen LogP contribution in [-0.4, -0.2) is 40.5 Å². The van der Waals surface area contributed by atoms with Crippen molar-refractivity contribution in [2.24, 2.45) is 0 Å². The van der Waals surface area contributed by atoms with E-state index in [4.69, 9.17) is 5.26 Å². The maximum atomic E-state index is 9.90. The molecule has 4 nitrogen and oxygen atoms in total. The van der Waals surface area contributed by atoms with E-state index < -0.39 is 5.41 Å². The van der Waals surface area contributed by atoms with E-state index in [0.29, 0.717) is 17.6 Å². The van der Waals surface area contributed by atoms with E-state index >= 15 is 0 Å². The van der Waals surface area contributed by atoms with Crippen LogP contribution in [0.15, 0.2) is 18.5 Å². The monoisotopic (exact) mass is 312 g/mol. The molecule has 0 spiro atoms. The van der Waals surface area contributed by atoms with E-state index in [0.717, 1.165) is 30.7 Å². The van der Waals surface area contributed by atoms with Crippen molar-refractivity contribution in [2.45, 2.75) is 43.2 Å². The first-order valence-electron chi connectivity index (χ1n) is 7.74. The van der Waals surface area contributed by atoms with Crippen LogP contribution in [0.1, 0.15) is 36.8 Å². The Morgan fingerprint density at radius 3 is 2.64 bits per heavy atom. The van der Waals surface area contributed by atoms with Gasteiger partial charge in [-0.25, -0.2) is 0 Å². The van der Waals surface area contributed by atoms with E-state index in [1.165, 1.54) is 12.8 Å². The summed E-state index contributed by atoms with van der Waals surface area (Å²) in [5.74, 6) is 1.15. The molecule has 0 aromatic carbocycles. The van der Waals surface area contributed by atoms with Crippen LogP contribution in [0.25, 0.3) is 0 Å². The minimum Gasteiger partial charge on any atom is -0.296 e. The molecule has 1 aromatic heterocycles. The number of nitrogens with zero attached hydrogens (tertiary/aromatic N) is 4. The number of piperidine rings is 1. The third-order valence-electron chi connectivity index (χ3n) is 5.13. The lowest BCUT2D eigenvalue weighted by molar-refractivity contribution is 0.113. The first-order valence-corrected chi connectivity index (χ1v) is 9.13. The van der Waals surface area contributed by atoms with Crippen molar-refractivity contribution < 1.29 is 0 Å².